The molecule has 0 radical (unpaired) electrons. The van der Waals surface area contributed by atoms with Crippen LogP contribution in [0.25, 0.3) is 0 Å². The minimum Gasteiger partial charge on any atom is -0.478 e. The number of benzene rings is 1. The largest absolute Gasteiger partial charge is 0.478 e. The van der Waals surface area contributed by atoms with Crippen molar-refractivity contribution in [3.8, 4) is 0 Å². The van der Waals surface area contributed by atoms with Crippen LogP contribution in [0, 0.1) is 0 Å². The van der Waals surface area contributed by atoms with E-state index in [1.54, 1.807) is 6.07 Å². The second-order valence-electron chi connectivity index (χ2n) is 3.80. The molecule has 1 heterocycles. The molecular formula is C13H8Cl2N2O3. The normalized spacial score (nSPS) is 10.1. The minimum absolute atomic E-state index is 0.0346. The first kappa shape index (κ1) is 14.3. The van der Waals surface area contributed by atoms with Crippen molar-refractivity contribution in [3.63, 3.8) is 0 Å². The van der Waals surface area contributed by atoms with Crippen LogP contribution in [0.15, 0.2) is 36.5 Å². The summed E-state index contributed by atoms with van der Waals surface area (Å²) >= 11 is 11.7. The number of rotatable bonds is 3. The summed E-state index contributed by atoms with van der Waals surface area (Å²) in [6.07, 6.45) is 1.47. The zero-order valence-electron chi connectivity index (χ0n) is 9.93. The summed E-state index contributed by atoms with van der Waals surface area (Å²) in [6.45, 7) is 0. The van der Waals surface area contributed by atoms with E-state index in [-0.39, 0.29) is 21.3 Å². The van der Waals surface area contributed by atoms with E-state index in [1.807, 2.05) is 0 Å². The van der Waals surface area contributed by atoms with Crippen molar-refractivity contribution in [1.82, 2.24) is 4.98 Å². The van der Waals surface area contributed by atoms with Gasteiger partial charge in [0.05, 0.1) is 21.8 Å². The molecule has 0 saturated heterocycles. The fourth-order valence-corrected chi connectivity index (χ4v) is 1.93. The van der Waals surface area contributed by atoms with E-state index in [0.29, 0.717) is 5.69 Å². The average molecular weight is 311 g/mol. The molecule has 2 rings (SSSR count). The van der Waals surface area contributed by atoms with Crippen LogP contribution >= 0.6 is 23.2 Å². The lowest BCUT2D eigenvalue weighted by molar-refractivity contribution is 0.0696. The molecule has 0 atom stereocenters. The summed E-state index contributed by atoms with van der Waals surface area (Å²) in [5.74, 6) is -1.58. The van der Waals surface area contributed by atoms with Gasteiger partial charge < -0.3 is 10.4 Å². The van der Waals surface area contributed by atoms with E-state index < -0.39 is 11.9 Å². The van der Waals surface area contributed by atoms with Gasteiger partial charge in [-0.25, -0.2) is 9.78 Å². The summed E-state index contributed by atoms with van der Waals surface area (Å²) in [5.41, 5.74) is 0.529. The summed E-state index contributed by atoms with van der Waals surface area (Å²) in [6, 6.07) is 7.10. The lowest BCUT2D eigenvalue weighted by atomic mass is 10.2. The van der Waals surface area contributed by atoms with Crippen LogP contribution in [0.1, 0.15) is 20.7 Å². The van der Waals surface area contributed by atoms with E-state index >= 15 is 0 Å². The van der Waals surface area contributed by atoms with Crippen LogP contribution in [0.2, 0.25) is 10.2 Å². The molecule has 1 aromatic heterocycles. The highest BCUT2D eigenvalue weighted by molar-refractivity contribution is 6.35. The highest BCUT2D eigenvalue weighted by atomic mass is 35.5. The molecule has 0 bridgehead atoms. The van der Waals surface area contributed by atoms with Gasteiger partial charge in [0, 0.05) is 6.20 Å². The van der Waals surface area contributed by atoms with Crippen molar-refractivity contribution in [3.05, 3.63) is 57.8 Å². The van der Waals surface area contributed by atoms with Crippen LogP contribution in [0.5, 0.6) is 0 Å². The maximum absolute atomic E-state index is 12.0. The number of hydrogen-bond acceptors (Lipinski definition) is 3. The Balaban J connectivity index is 2.25. The van der Waals surface area contributed by atoms with Crippen LogP contribution in [0.3, 0.4) is 0 Å². The van der Waals surface area contributed by atoms with E-state index in [2.05, 4.69) is 10.3 Å². The number of carboxylic acids is 1. The van der Waals surface area contributed by atoms with Crippen molar-refractivity contribution >= 4 is 40.8 Å². The summed E-state index contributed by atoms with van der Waals surface area (Å²) < 4.78 is 0. The second-order valence-corrected chi connectivity index (χ2v) is 4.56. The number of carbonyl (C=O) groups excluding carboxylic acids is 1. The zero-order chi connectivity index (χ0) is 14.7. The number of nitrogens with one attached hydrogen (secondary N) is 1. The molecule has 0 fully saturated rings. The Bertz CT molecular complexity index is 689. The molecule has 7 heteroatoms. The van der Waals surface area contributed by atoms with Crippen molar-refractivity contribution < 1.29 is 14.7 Å². The third-order valence-corrected chi connectivity index (χ3v) is 3.08. The van der Waals surface area contributed by atoms with Gasteiger partial charge in [-0.3, -0.25) is 4.79 Å². The Morgan fingerprint density at radius 3 is 2.55 bits per heavy atom. The molecule has 0 aliphatic carbocycles. The number of aromatic carboxylic acids is 1. The number of carboxylic acid groups (broad SMARTS) is 1. The molecule has 2 aromatic rings. The molecule has 1 aromatic carbocycles. The van der Waals surface area contributed by atoms with Gasteiger partial charge in [0.1, 0.15) is 5.15 Å². The van der Waals surface area contributed by atoms with Crippen LogP contribution in [-0.2, 0) is 0 Å². The van der Waals surface area contributed by atoms with Gasteiger partial charge in [-0.15, -0.1) is 0 Å². The third kappa shape index (κ3) is 3.07. The Kier molecular flexibility index (Phi) is 4.22. The van der Waals surface area contributed by atoms with Gasteiger partial charge in [-0.05, 0) is 30.3 Å². The first-order valence-electron chi connectivity index (χ1n) is 5.44. The predicted octanol–water partition coefficient (Wildman–Crippen LogP) is 3.34. The fraction of sp³-hybridized carbons (Fsp3) is 0. The Morgan fingerprint density at radius 1 is 1.20 bits per heavy atom. The van der Waals surface area contributed by atoms with E-state index in [9.17, 15) is 9.59 Å². The van der Waals surface area contributed by atoms with Gasteiger partial charge in [0.2, 0.25) is 0 Å². The molecule has 0 spiro atoms. The summed E-state index contributed by atoms with van der Waals surface area (Å²) in [5, 5.41) is 11.6. The number of hydrogen-bond donors (Lipinski definition) is 2. The van der Waals surface area contributed by atoms with Gasteiger partial charge >= 0.3 is 5.97 Å². The SMILES string of the molecule is O=C(O)c1ccc(NC(=O)c2cccnc2Cl)c(Cl)c1. The number of nitrogens with zero attached hydrogens (tertiary/aromatic N) is 1. The maximum Gasteiger partial charge on any atom is 0.335 e. The van der Waals surface area contributed by atoms with Gasteiger partial charge in [0.15, 0.2) is 0 Å². The standard InChI is InChI=1S/C13H8Cl2N2O3/c14-9-6-7(13(19)20)3-4-10(9)17-12(18)8-2-1-5-16-11(8)15/h1-6H,(H,17,18)(H,19,20). The quantitative estimate of drug-likeness (QED) is 0.852. The Hall–Kier alpha value is -2.11. The number of halogens is 2. The van der Waals surface area contributed by atoms with Crippen LogP contribution in [0.4, 0.5) is 5.69 Å². The molecule has 0 aliphatic heterocycles. The van der Waals surface area contributed by atoms with E-state index in [4.69, 9.17) is 28.3 Å². The molecule has 0 saturated carbocycles. The molecule has 102 valence electrons. The van der Waals surface area contributed by atoms with E-state index in [0.717, 1.165) is 0 Å². The second kappa shape index (κ2) is 5.90. The molecule has 0 unspecified atom stereocenters. The van der Waals surface area contributed by atoms with Crippen molar-refractivity contribution in [2.45, 2.75) is 0 Å². The molecule has 0 aliphatic rings. The molecule has 20 heavy (non-hydrogen) atoms. The number of pyridine rings is 1. The molecular weight excluding hydrogens is 303 g/mol. The Morgan fingerprint density at radius 2 is 1.95 bits per heavy atom. The average Bonchev–Trinajstić information content (AvgIpc) is 2.41. The minimum atomic E-state index is -1.10. The first-order chi connectivity index (χ1) is 9.49. The lowest BCUT2D eigenvalue weighted by Crippen LogP contribution is -2.13. The molecule has 1 amide bonds. The highest BCUT2D eigenvalue weighted by Crippen LogP contribution is 2.24. The number of aromatic nitrogens is 1. The number of anilines is 1. The van der Waals surface area contributed by atoms with Crippen molar-refractivity contribution in [2.24, 2.45) is 0 Å². The molecule has 2 N–H and O–H groups in total. The van der Waals surface area contributed by atoms with Gasteiger partial charge in [-0.1, -0.05) is 23.2 Å². The van der Waals surface area contributed by atoms with E-state index in [1.165, 1.54) is 30.5 Å². The number of amides is 1. The lowest BCUT2D eigenvalue weighted by Gasteiger charge is -2.08. The summed E-state index contributed by atoms with van der Waals surface area (Å²) in [4.78, 5) is 26.6. The smallest absolute Gasteiger partial charge is 0.335 e. The predicted molar refractivity (Wildman–Crippen MR) is 75.6 cm³/mol. The summed E-state index contributed by atoms with van der Waals surface area (Å²) in [7, 11) is 0. The zero-order valence-corrected chi connectivity index (χ0v) is 11.4. The maximum atomic E-state index is 12.0. The van der Waals surface area contributed by atoms with Crippen LogP contribution in [-0.4, -0.2) is 22.0 Å². The van der Waals surface area contributed by atoms with Crippen LogP contribution < -0.4 is 5.32 Å². The monoisotopic (exact) mass is 310 g/mol. The van der Waals surface area contributed by atoms with Gasteiger partial charge in [0.25, 0.3) is 5.91 Å². The third-order valence-electron chi connectivity index (χ3n) is 2.47. The van der Waals surface area contributed by atoms with Crippen molar-refractivity contribution in [2.75, 3.05) is 5.32 Å². The highest BCUT2D eigenvalue weighted by Gasteiger charge is 2.13. The van der Waals surface area contributed by atoms with Gasteiger partial charge in [-0.2, -0.15) is 0 Å². The first-order valence-corrected chi connectivity index (χ1v) is 6.19. The topological polar surface area (TPSA) is 79.3 Å². The fourth-order valence-electron chi connectivity index (χ4n) is 1.49. The Labute approximate surface area is 124 Å². The molecule has 5 nitrogen and oxygen atoms in total. The number of carbonyl (C=O) groups is 2. The van der Waals surface area contributed by atoms with Crippen molar-refractivity contribution in [1.29, 1.82) is 0 Å².